The number of rotatable bonds is 8. The van der Waals surface area contributed by atoms with Gasteiger partial charge in [0, 0.05) is 23.5 Å². The van der Waals surface area contributed by atoms with Gasteiger partial charge in [0.05, 0.1) is 36.8 Å². The van der Waals surface area contributed by atoms with Gasteiger partial charge in [-0.05, 0) is 56.0 Å². The lowest BCUT2D eigenvalue weighted by molar-refractivity contribution is 0.0526. The number of hydrogen-bond acceptors (Lipinski definition) is 8. The number of carbonyl (C=O) groups excluding carboxylic acids is 2. The molecule has 1 aromatic carbocycles. The fourth-order valence-electron chi connectivity index (χ4n) is 3.96. The van der Waals surface area contributed by atoms with Gasteiger partial charge >= 0.3 is 5.97 Å². The number of Topliss-reactive ketones (excluding diaryl/α,β-unsaturated/α-hetero) is 1. The number of carbonyl (C=O) groups is 2. The molecule has 172 valence electrons. The average Bonchev–Trinajstić information content (AvgIpc) is 3.39. The van der Waals surface area contributed by atoms with Crippen molar-refractivity contribution in [2.45, 2.75) is 31.1 Å². The number of nitrogens with zero attached hydrogens (tertiary/aromatic N) is 1. The molecular formula is C22H26N2O6S2. The van der Waals surface area contributed by atoms with Gasteiger partial charge in [0.1, 0.15) is 5.00 Å². The molecule has 4 rings (SSSR count). The first-order valence-corrected chi connectivity index (χ1v) is 12.9. The minimum Gasteiger partial charge on any atom is -0.462 e. The zero-order valence-corrected chi connectivity index (χ0v) is 19.5. The van der Waals surface area contributed by atoms with Crippen LogP contribution in [-0.2, 0) is 32.3 Å². The van der Waals surface area contributed by atoms with Crippen molar-refractivity contribution in [3.63, 3.8) is 0 Å². The summed E-state index contributed by atoms with van der Waals surface area (Å²) in [5.41, 5.74) is 1.98. The predicted molar refractivity (Wildman–Crippen MR) is 121 cm³/mol. The molecular weight excluding hydrogens is 452 g/mol. The van der Waals surface area contributed by atoms with Crippen molar-refractivity contribution in [3.05, 3.63) is 45.8 Å². The maximum Gasteiger partial charge on any atom is 0.341 e. The Morgan fingerprint density at radius 2 is 1.88 bits per heavy atom. The lowest BCUT2D eigenvalue weighted by Crippen LogP contribution is -2.40. The highest BCUT2D eigenvalue weighted by Gasteiger charge is 2.28. The molecule has 10 heteroatoms. The number of nitrogens with one attached hydrogen (secondary N) is 1. The summed E-state index contributed by atoms with van der Waals surface area (Å²) in [6, 6.07) is 5.97. The van der Waals surface area contributed by atoms with Crippen molar-refractivity contribution in [1.82, 2.24) is 4.31 Å². The molecule has 0 unspecified atom stereocenters. The lowest BCUT2D eigenvalue weighted by atomic mass is 10.1. The van der Waals surface area contributed by atoms with Crippen LogP contribution in [0.4, 0.5) is 5.00 Å². The number of ether oxygens (including phenoxy) is 2. The summed E-state index contributed by atoms with van der Waals surface area (Å²) in [6.45, 7) is 3.46. The Morgan fingerprint density at radius 3 is 2.56 bits per heavy atom. The number of thiophene rings is 1. The monoisotopic (exact) mass is 478 g/mol. The maximum atomic E-state index is 12.7. The van der Waals surface area contributed by atoms with E-state index in [2.05, 4.69) is 5.32 Å². The Balaban J connectivity index is 1.45. The fraction of sp³-hybridized carbons (Fsp3) is 0.455. The third-order valence-electron chi connectivity index (χ3n) is 5.59. The van der Waals surface area contributed by atoms with E-state index in [0.29, 0.717) is 49.0 Å². The molecule has 1 N–H and O–H groups in total. The molecule has 32 heavy (non-hydrogen) atoms. The first-order valence-electron chi connectivity index (χ1n) is 10.7. The van der Waals surface area contributed by atoms with E-state index in [1.54, 1.807) is 6.92 Å². The third-order valence-corrected chi connectivity index (χ3v) is 8.76. The molecule has 1 aliphatic carbocycles. The molecule has 0 saturated carbocycles. The minimum atomic E-state index is -3.60. The second-order valence-corrected chi connectivity index (χ2v) is 10.6. The Hall–Kier alpha value is -2.27. The maximum absolute atomic E-state index is 12.7. The summed E-state index contributed by atoms with van der Waals surface area (Å²) in [7, 11) is -3.60. The molecule has 1 fully saturated rings. The van der Waals surface area contributed by atoms with Crippen LogP contribution in [0.3, 0.4) is 0 Å². The molecule has 1 aromatic heterocycles. The molecule has 2 aliphatic rings. The number of fused-ring (bicyclic) bond motifs is 1. The van der Waals surface area contributed by atoms with Crippen LogP contribution in [0.2, 0.25) is 0 Å². The highest BCUT2D eigenvalue weighted by molar-refractivity contribution is 7.89. The molecule has 0 spiro atoms. The largest absolute Gasteiger partial charge is 0.462 e. The molecule has 2 heterocycles. The highest BCUT2D eigenvalue weighted by atomic mass is 32.2. The summed E-state index contributed by atoms with van der Waals surface area (Å²) in [6.07, 6.45) is 2.79. The smallest absolute Gasteiger partial charge is 0.341 e. The number of morpholine rings is 1. The average molecular weight is 479 g/mol. The molecule has 1 saturated heterocycles. The summed E-state index contributed by atoms with van der Waals surface area (Å²) in [5, 5.41) is 3.76. The number of hydrogen-bond donors (Lipinski definition) is 1. The number of anilines is 1. The van der Waals surface area contributed by atoms with Crippen LogP contribution >= 0.6 is 11.3 Å². The van der Waals surface area contributed by atoms with Gasteiger partial charge in [0.15, 0.2) is 5.78 Å². The topological polar surface area (TPSA) is 102 Å². The molecule has 0 bridgehead atoms. The lowest BCUT2D eigenvalue weighted by Gasteiger charge is -2.26. The van der Waals surface area contributed by atoms with E-state index in [1.807, 2.05) is 0 Å². The van der Waals surface area contributed by atoms with E-state index in [1.165, 1.54) is 44.8 Å². The molecule has 0 atom stereocenters. The van der Waals surface area contributed by atoms with Crippen molar-refractivity contribution in [2.24, 2.45) is 0 Å². The second kappa shape index (κ2) is 9.70. The SMILES string of the molecule is CCOC(=O)c1c(NCC(=O)c2ccc(S(=O)(=O)N3CCOCC3)cc2)sc2c1CCC2. The van der Waals surface area contributed by atoms with Gasteiger partial charge < -0.3 is 14.8 Å². The Bertz CT molecular complexity index is 1100. The van der Waals surface area contributed by atoms with Gasteiger partial charge in [-0.3, -0.25) is 4.79 Å². The van der Waals surface area contributed by atoms with Crippen LogP contribution in [0.1, 0.15) is 44.5 Å². The number of sulfonamides is 1. The minimum absolute atomic E-state index is 0.00135. The van der Waals surface area contributed by atoms with Crippen molar-refractivity contribution < 1.29 is 27.5 Å². The van der Waals surface area contributed by atoms with Crippen LogP contribution in [0.25, 0.3) is 0 Å². The van der Waals surface area contributed by atoms with E-state index < -0.39 is 10.0 Å². The van der Waals surface area contributed by atoms with E-state index >= 15 is 0 Å². The summed E-state index contributed by atoms with van der Waals surface area (Å²) < 4.78 is 37.3. The number of aryl methyl sites for hydroxylation is 1. The zero-order valence-electron chi connectivity index (χ0n) is 17.9. The van der Waals surface area contributed by atoms with Gasteiger partial charge in [-0.1, -0.05) is 0 Å². The van der Waals surface area contributed by atoms with Crippen molar-refractivity contribution in [1.29, 1.82) is 0 Å². The molecule has 0 radical (unpaired) electrons. The number of benzene rings is 1. The second-order valence-electron chi connectivity index (χ2n) is 7.60. The molecule has 8 nitrogen and oxygen atoms in total. The first kappa shape index (κ1) is 22.9. The molecule has 0 amide bonds. The van der Waals surface area contributed by atoms with Gasteiger partial charge in [-0.25, -0.2) is 13.2 Å². The van der Waals surface area contributed by atoms with Gasteiger partial charge in [0.2, 0.25) is 10.0 Å². The van der Waals surface area contributed by atoms with Crippen molar-refractivity contribution >= 4 is 38.1 Å². The Labute approximate surface area is 191 Å². The van der Waals surface area contributed by atoms with Gasteiger partial charge in [-0.2, -0.15) is 4.31 Å². The quantitative estimate of drug-likeness (QED) is 0.460. The number of ketones is 1. The Morgan fingerprint density at radius 1 is 1.16 bits per heavy atom. The molecule has 1 aliphatic heterocycles. The zero-order chi connectivity index (χ0) is 22.7. The predicted octanol–water partition coefficient (Wildman–Crippen LogP) is 2.73. The van der Waals surface area contributed by atoms with E-state index in [9.17, 15) is 18.0 Å². The number of esters is 1. The van der Waals surface area contributed by atoms with Gasteiger partial charge in [0.25, 0.3) is 0 Å². The standard InChI is InChI=1S/C22H26N2O6S2/c1-2-30-22(26)20-17-4-3-5-19(17)31-21(20)23-14-18(25)15-6-8-16(9-7-15)32(27,28)24-10-12-29-13-11-24/h6-9,23H,2-5,10-14H2,1H3. The van der Waals surface area contributed by atoms with Crippen molar-refractivity contribution in [2.75, 3.05) is 44.8 Å². The normalized spacial score (nSPS) is 16.5. The summed E-state index contributed by atoms with van der Waals surface area (Å²) in [4.78, 5) is 26.5. The van der Waals surface area contributed by atoms with E-state index in [4.69, 9.17) is 9.47 Å². The molecule has 2 aromatic rings. The fourth-order valence-corrected chi connectivity index (χ4v) is 6.64. The van der Waals surface area contributed by atoms with Crippen LogP contribution in [0.5, 0.6) is 0 Å². The first-order chi connectivity index (χ1) is 15.4. The summed E-state index contributed by atoms with van der Waals surface area (Å²) >= 11 is 1.50. The highest BCUT2D eigenvalue weighted by Crippen LogP contribution is 2.39. The third kappa shape index (κ3) is 4.59. The Kier molecular flexibility index (Phi) is 6.94. The summed E-state index contributed by atoms with van der Waals surface area (Å²) in [5.74, 6) is -0.553. The van der Waals surface area contributed by atoms with Crippen LogP contribution in [-0.4, -0.2) is 63.9 Å². The van der Waals surface area contributed by atoms with E-state index in [0.717, 1.165) is 24.8 Å². The van der Waals surface area contributed by atoms with E-state index in [-0.39, 0.29) is 23.2 Å². The van der Waals surface area contributed by atoms with Gasteiger partial charge in [-0.15, -0.1) is 11.3 Å². The van der Waals surface area contributed by atoms with Crippen LogP contribution in [0, 0.1) is 0 Å². The van der Waals surface area contributed by atoms with Crippen molar-refractivity contribution in [3.8, 4) is 0 Å². The van der Waals surface area contributed by atoms with Crippen LogP contribution < -0.4 is 5.32 Å². The van der Waals surface area contributed by atoms with Crippen LogP contribution in [0.15, 0.2) is 29.2 Å².